The van der Waals surface area contributed by atoms with Crippen molar-refractivity contribution in [3.8, 4) is 0 Å². The summed E-state index contributed by atoms with van der Waals surface area (Å²) < 4.78 is 16.0. The van der Waals surface area contributed by atoms with Gasteiger partial charge in [0.05, 0.1) is 23.3 Å². The Hall–Kier alpha value is -2.39. The fourth-order valence-corrected chi connectivity index (χ4v) is 5.36. The number of aromatic nitrogens is 4. The van der Waals surface area contributed by atoms with E-state index in [2.05, 4.69) is 79.9 Å². The van der Waals surface area contributed by atoms with Crippen molar-refractivity contribution in [2.24, 2.45) is 0 Å². The molecule has 0 spiro atoms. The van der Waals surface area contributed by atoms with Gasteiger partial charge in [-0.2, -0.15) is 10.2 Å². The number of ether oxygens (including phenoxy) is 2. The first-order valence-corrected chi connectivity index (χ1v) is 13.0. The summed E-state index contributed by atoms with van der Waals surface area (Å²) >= 11 is 0. The van der Waals surface area contributed by atoms with Crippen molar-refractivity contribution in [1.29, 1.82) is 0 Å². The lowest BCUT2D eigenvalue weighted by Gasteiger charge is -2.30. The maximum Gasteiger partial charge on any atom is 0.326 e. The van der Waals surface area contributed by atoms with Crippen molar-refractivity contribution in [3.63, 3.8) is 0 Å². The molecule has 200 valence electrons. The topological polar surface area (TPSA) is 95.2 Å². The first-order chi connectivity index (χ1) is 16.5. The fourth-order valence-electron chi connectivity index (χ4n) is 5.36. The third-order valence-corrected chi connectivity index (χ3v) is 7.42. The minimum Gasteiger partial charge on any atom is -0.373 e. The second-order valence-electron chi connectivity index (χ2n) is 13.3. The lowest BCUT2D eigenvalue weighted by atomic mass is 9.90. The monoisotopic (exact) mass is 500 g/mol. The van der Waals surface area contributed by atoms with Crippen LogP contribution in [-0.2, 0) is 20.3 Å². The summed E-state index contributed by atoms with van der Waals surface area (Å²) in [6, 6.07) is 3.77. The molecule has 36 heavy (non-hydrogen) atoms. The molecule has 9 heteroatoms. The number of carbonyl (C=O) groups excluding carboxylic acids is 1. The van der Waals surface area contributed by atoms with Crippen LogP contribution in [0.2, 0.25) is 0 Å². The number of urea groups is 1. The molecule has 9 nitrogen and oxygen atoms in total. The number of anilines is 2. The highest BCUT2D eigenvalue weighted by atomic mass is 16.5. The molecular formula is C27H44N6O3. The highest BCUT2D eigenvalue weighted by Gasteiger charge is 2.41. The zero-order valence-corrected chi connectivity index (χ0v) is 23.7. The summed E-state index contributed by atoms with van der Waals surface area (Å²) in [5.74, 6) is 1.03. The van der Waals surface area contributed by atoms with Crippen LogP contribution < -0.4 is 10.6 Å². The van der Waals surface area contributed by atoms with Gasteiger partial charge in [0.15, 0.2) is 11.6 Å². The summed E-state index contributed by atoms with van der Waals surface area (Å²) in [7, 11) is 0. The molecule has 0 saturated carbocycles. The zero-order valence-electron chi connectivity index (χ0n) is 23.7. The number of amides is 2. The minimum absolute atomic E-state index is 0.104. The van der Waals surface area contributed by atoms with E-state index in [1.807, 2.05) is 21.5 Å². The van der Waals surface area contributed by atoms with Crippen LogP contribution >= 0.6 is 0 Å². The number of nitrogens with one attached hydrogen (secondary N) is 2. The third-order valence-electron chi connectivity index (χ3n) is 7.42. The van der Waals surface area contributed by atoms with Gasteiger partial charge in [0.1, 0.15) is 0 Å². The second-order valence-corrected chi connectivity index (χ2v) is 13.3. The summed E-state index contributed by atoms with van der Waals surface area (Å²) in [5, 5.41) is 15.5. The smallest absolute Gasteiger partial charge is 0.326 e. The zero-order chi connectivity index (χ0) is 26.7. The molecule has 2 amide bonds. The number of nitrogens with zero attached hydrogens (tertiary/aromatic N) is 4. The predicted octanol–water partition coefficient (Wildman–Crippen LogP) is 5.80. The van der Waals surface area contributed by atoms with Crippen molar-refractivity contribution in [2.45, 2.75) is 116 Å². The maximum atomic E-state index is 13.0. The highest BCUT2D eigenvalue weighted by molar-refractivity contribution is 5.98. The molecule has 0 aliphatic carbocycles. The third kappa shape index (κ3) is 5.18. The standard InChI is InChI=1S/C27H44N6O3/c1-24(2,3)19-15-21(30-32(19)17-11-13-35-26(17,7)8)28-23(34)29-22-16-20(25(4,5)6)33(31-22)18-12-14-36-27(18,9)10/h15-18H,11-14H2,1-10H3,(H2,28,29,30,31,34). The normalized spacial score (nSPS) is 23.7. The number of carbonyl (C=O) groups is 1. The van der Waals surface area contributed by atoms with Gasteiger partial charge in [0, 0.05) is 47.6 Å². The summed E-state index contributed by atoms with van der Waals surface area (Å²) in [4.78, 5) is 13.0. The Kier molecular flexibility index (Phi) is 6.57. The van der Waals surface area contributed by atoms with Gasteiger partial charge in [-0.25, -0.2) is 4.79 Å². The van der Waals surface area contributed by atoms with E-state index in [4.69, 9.17) is 19.7 Å². The lowest BCUT2D eigenvalue weighted by molar-refractivity contribution is 0.0105. The molecule has 2 aromatic heterocycles. The molecular weight excluding hydrogens is 456 g/mol. The van der Waals surface area contributed by atoms with Crippen molar-refractivity contribution in [1.82, 2.24) is 19.6 Å². The van der Waals surface area contributed by atoms with Crippen molar-refractivity contribution < 1.29 is 14.3 Å². The lowest BCUT2D eigenvalue weighted by Crippen LogP contribution is -2.33. The van der Waals surface area contributed by atoms with E-state index in [0.717, 1.165) is 24.2 Å². The van der Waals surface area contributed by atoms with Gasteiger partial charge in [-0.1, -0.05) is 41.5 Å². The van der Waals surface area contributed by atoms with Gasteiger partial charge in [-0.15, -0.1) is 0 Å². The molecule has 0 aromatic carbocycles. The predicted molar refractivity (Wildman–Crippen MR) is 142 cm³/mol. The van der Waals surface area contributed by atoms with Crippen molar-refractivity contribution >= 4 is 17.7 Å². The Morgan fingerprint density at radius 3 is 1.44 bits per heavy atom. The number of hydrogen-bond acceptors (Lipinski definition) is 5. The Balaban J connectivity index is 1.57. The average Bonchev–Trinajstić information content (AvgIpc) is 3.45. The first kappa shape index (κ1) is 26.7. The van der Waals surface area contributed by atoms with Crippen LogP contribution in [0, 0.1) is 0 Å². The van der Waals surface area contributed by atoms with Gasteiger partial charge in [-0.05, 0) is 40.5 Å². The number of rotatable bonds is 4. The SMILES string of the molecule is CC(C)(C)c1cc(NC(=O)Nc2cc(C(C)(C)C)n(C3CCOC3(C)C)n2)nn1C1CCOC1(C)C. The molecule has 2 atom stereocenters. The van der Waals surface area contributed by atoms with Crippen LogP contribution in [-0.4, -0.2) is 50.0 Å². The minimum atomic E-state index is -0.367. The molecule has 0 radical (unpaired) electrons. The first-order valence-electron chi connectivity index (χ1n) is 13.0. The van der Waals surface area contributed by atoms with E-state index in [9.17, 15) is 4.79 Å². The molecule has 2 aliphatic rings. The van der Waals surface area contributed by atoms with Crippen LogP contribution in [0.15, 0.2) is 12.1 Å². The van der Waals surface area contributed by atoms with Gasteiger partial charge in [0.2, 0.25) is 0 Å². The number of hydrogen-bond donors (Lipinski definition) is 2. The highest BCUT2D eigenvalue weighted by Crippen LogP contribution is 2.40. The Morgan fingerprint density at radius 2 is 1.17 bits per heavy atom. The van der Waals surface area contributed by atoms with Crippen LogP contribution in [0.25, 0.3) is 0 Å². The molecule has 4 heterocycles. The molecule has 2 aromatic rings. The Bertz CT molecular complexity index is 1030. The van der Waals surface area contributed by atoms with Gasteiger partial charge < -0.3 is 9.47 Å². The maximum absolute atomic E-state index is 13.0. The van der Waals surface area contributed by atoms with E-state index >= 15 is 0 Å². The van der Waals surface area contributed by atoms with E-state index < -0.39 is 0 Å². The largest absolute Gasteiger partial charge is 0.373 e. The van der Waals surface area contributed by atoms with E-state index in [-0.39, 0.29) is 40.1 Å². The van der Waals surface area contributed by atoms with E-state index in [1.54, 1.807) is 0 Å². The molecule has 2 N–H and O–H groups in total. The summed E-state index contributed by atoms with van der Waals surface area (Å²) in [6.07, 6.45) is 1.77. The Morgan fingerprint density at radius 1 is 0.806 bits per heavy atom. The van der Waals surface area contributed by atoms with Gasteiger partial charge >= 0.3 is 6.03 Å². The molecule has 2 aliphatic heterocycles. The summed E-state index contributed by atoms with van der Waals surface area (Å²) in [6.45, 7) is 22.7. The van der Waals surface area contributed by atoms with Crippen LogP contribution in [0.5, 0.6) is 0 Å². The quantitative estimate of drug-likeness (QED) is 0.553. The fraction of sp³-hybridized carbons (Fsp3) is 0.741. The van der Waals surface area contributed by atoms with Crippen molar-refractivity contribution in [2.75, 3.05) is 23.8 Å². The average molecular weight is 501 g/mol. The van der Waals surface area contributed by atoms with E-state index in [1.165, 1.54) is 0 Å². The van der Waals surface area contributed by atoms with Gasteiger partial charge in [0.25, 0.3) is 0 Å². The van der Waals surface area contributed by atoms with Crippen LogP contribution in [0.3, 0.4) is 0 Å². The van der Waals surface area contributed by atoms with E-state index in [0.29, 0.717) is 24.8 Å². The van der Waals surface area contributed by atoms with Crippen LogP contribution in [0.1, 0.15) is 106 Å². The van der Waals surface area contributed by atoms with Crippen LogP contribution in [0.4, 0.5) is 16.4 Å². The molecule has 2 fully saturated rings. The molecule has 2 saturated heterocycles. The van der Waals surface area contributed by atoms with Gasteiger partial charge in [-0.3, -0.25) is 20.0 Å². The summed E-state index contributed by atoms with van der Waals surface area (Å²) in [5.41, 5.74) is 1.20. The second kappa shape index (κ2) is 8.87. The molecule has 4 rings (SSSR count). The Labute approximate surface area is 215 Å². The molecule has 2 unspecified atom stereocenters. The molecule has 0 bridgehead atoms. The van der Waals surface area contributed by atoms with Crippen molar-refractivity contribution in [3.05, 3.63) is 23.5 Å².